The van der Waals surface area contributed by atoms with Gasteiger partial charge in [-0.05, 0) is 68.9 Å². The minimum Gasteiger partial charge on any atom is -0.354 e. The minimum absolute atomic E-state index is 0.546. The standard InChI is InChI=1S/C22H26N2S/c1-18-11-13-20(14-12-18)23-22(24-16-7-6-8-19(24)2)15-17-25-21-9-4-3-5-10-21/h3-5,9-15,17,19H,6-8,16H2,1-2H3. The molecule has 25 heavy (non-hydrogen) atoms. The third-order valence-corrected chi connectivity index (χ3v) is 5.36. The van der Waals surface area contributed by atoms with E-state index in [-0.39, 0.29) is 0 Å². The topological polar surface area (TPSA) is 15.6 Å². The average molecular weight is 351 g/mol. The van der Waals surface area contributed by atoms with Crippen molar-refractivity contribution in [3.8, 4) is 0 Å². The van der Waals surface area contributed by atoms with Crippen molar-refractivity contribution in [1.29, 1.82) is 0 Å². The molecular formula is C22H26N2S. The van der Waals surface area contributed by atoms with Crippen molar-refractivity contribution >= 4 is 23.3 Å². The quantitative estimate of drug-likeness (QED) is 0.370. The Morgan fingerprint density at radius 3 is 2.56 bits per heavy atom. The van der Waals surface area contributed by atoms with Gasteiger partial charge in [0.05, 0.1) is 5.69 Å². The molecule has 0 N–H and O–H groups in total. The molecule has 3 heteroatoms. The number of thioether (sulfide) groups is 1. The van der Waals surface area contributed by atoms with Gasteiger partial charge in [0, 0.05) is 17.5 Å². The van der Waals surface area contributed by atoms with Crippen LogP contribution in [0.1, 0.15) is 31.7 Å². The second-order valence-electron chi connectivity index (χ2n) is 6.58. The number of benzene rings is 2. The monoisotopic (exact) mass is 350 g/mol. The summed E-state index contributed by atoms with van der Waals surface area (Å²) in [5.74, 6) is 1.07. The maximum absolute atomic E-state index is 4.95. The van der Waals surface area contributed by atoms with E-state index in [1.165, 1.54) is 29.7 Å². The molecule has 0 aromatic heterocycles. The second kappa shape index (κ2) is 8.91. The molecule has 1 unspecified atom stereocenters. The van der Waals surface area contributed by atoms with Crippen LogP contribution in [-0.2, 0) is 0 Å². The molecular weight excluding hydrogens is 324 g/mol. The highest BCUT2D eigenvalue weighted by atomic mass is 32.2. The van der Waals surface area contributed by atoms with E-state index in [1.807, 2.05) is 6.07 Å². The van der Waals surface area contributed by atoms with Gasteiger partial charge in [-0.3, -0.25) is 0 Å². The molecule has 1 fully saturated rings. The van der Waals surface area contributed by atoms with Crippen LogP contribution in [0.25, 0.3) is 0 Å². The summed E-state index contributed by atoms with van der Waals surface area (Å²) in [6.07, 6.45) is 5.97. The Bertz CT molecular complexity index is 719. The van der Waals surface area contributed by atoms with Gasteiger partial charge in [0.15, 0.2) is 0 Å². The first-order valence-electron chi connectivity index (χ1n) is 9.02. The number of likely N-dealkylation sites (tertiary alicyclic amines) is 1. The lowest BCUT2D eigenvalue weighted by Crippen LogP contribution is -2.41. The van der Waals surface area contributed by atoms with Crippen molar-refractivity contribution in [2.24, 2.45) is 4.99 Å². The van der Waals surface area contributed by atoms with E-state index in [1.54, 1.807) is 11.8 Å². The lowest BCUT2D eigenvalue weighted by molar-refractivity contribution is 0.259. The molecule has 2 aromatic carbocycles. The van der Waals surface area contributed by atoms with Crippen LogP contribution >= 0.6 is 11.8 Å². The first-order valence-corrected chi connectivity index (χ1v) is 9.90. The number of piperidine rings is 1. The predicted octanol–water partition coefficient (Wildman–Crippen LogP) is 6.21. The van der Waals surface area contributed by atoms with Crippen molar-refractivity contribution in [3.05, 3.63) is 71.6 Å². The molecule has 1 aliphatic heterocycles. The number of aliphatic imine (C=N–C) groups is 1. The predicted molar refractivity (Wildman–Crippen MR) is 110 cm³/mol. The van der Waals surface area contributed by atoms with Crippen LogP contribution in [0, 0.1) is 6.92 Å². The summed E-state index contributed by atoms with van der Waals surface area (Å²) in [4.78, 5) is 8.65. The molecule has 1 heterocycles. The third kappa shape index (κ3) is 5.23. The Morgan fingerprint density at radius 1 is 1.08 bits per heavy atom. The smallest absolute Gasteiger partial charge is 0.129 e. The van der Waals surface area contributed by atoms with E-state index in [4.69, 9.17) is 4.99 Å². The highest BCUT2D eigenvalue weighted by Crippen LogP contribution is 2.23. The second-order valence-corrected chi connectivity index (χ2v) is 7.56. The summed E-state index contributed by atoms with van der Waals surface area (Å²) in [7, 11) is 0. The minimum atomic E-state index is 0.546. The van der Waals surface area contributed by atoms with E-state index >= 15 is 0 Å². The van der Waals surface area contributed by atoms with Crippen LogP contribution in [-0.4, -0.2) is 23.3 Å². The molecule has 0 saturated carbocycles. The number of rotatable bonds is 4. The van der Waals surface area contributed by atoms with Gasteiger partial charge in [0.1, 0.15) is 5.84 Å². The molecule has 3 rings (SSSR count). The Morgan fingerprint density at radius 2 is 1.84 bits per heavy atom. The molecule has 2 nitrogen and oxygen atoms in total. The maximum atomic E-state index is 4.95. The lowest BCUT2D eigenvalue weighted by Gasteiger charge is -2.35. The number of hydrogen-bond donors (Lipinski definition) is 0. The molecule has 0 bridgehead atoms. The van der Waals surface area contributed by atoms with Gasteiger partial charge in [0.2, 0.25) is 0 Å². The van der Waals surface area contributed by atoms with Crippen molar-refractivity contribution in [1.82, 2.24) is 4.90 Å². The fourth-order valence-corrected chi connectivity index (χ4v) is 3.72. The summed E-state index contributed by atoms with van der Waals surface area (Å²) < 4.78 is 0. The highest BCUT2D eigenvalue weighted by molar-refractivity contribution is 8.02. The van der Waals surface area contributed by atoms with E-state index < -0.39 is 0 Å². The summed E-state index contributed by atoms with van der Waals surface area (Å²) in [5, 5.41) is 2.16. The molecule has 0 spiro atoms. The Labute approximate surface area is 155 Å². The van der Waals surface area contributed by atoms with Crippen LogP contribution in [0.4, 0.5) is 5.69 Å². The van der Waals surface area contributed by atoms with Gasteiger partial charge in [-0.25, -0.2) is 4.99 Å². The number of aryl methyl sites for hydroxylation is 1. The van der Waals surface area contributed by atoms with Gasteiger partial charge in [-0.15, -0.1) is 0 Å². The first kappa shape index (κ1) is 17.8. The molecule has 0 radical (unpaired) electrons. The van der Waals surface area contributed by atoms with Gasteiger partial charge in [-0.2, -0.15) is 0 Å². The largest absolute Gasteiger partial charge is 0.354 e. The summed E-state index contributed by atoms with van der Waals surface area (Å²) in [5.41, 5.74) is 2.29. The van der Waals surface area contributed by atoms with Crippen molar-refractivity contribution < 1.29 is 0 Å². The number of amidine groups is 1. The summed E-state index contributed by atoms with van der Waals surface area (Å²) in [6.45, 7) is 5.51. The van der Waals surface area contributed by atoms with E-state index in [2.05, 4.69) is 78.8 Å². The SMILES string of the molecule is Cc1ccc(N=C(C=CSc2ccccc2)N2CCCCC2C)cc1. The van der Waals surface area contributed by atoms with Gasteiger partial charge >= 0.3 is 0 Å². The molecule has 0 amide bonds. The summed E-state index contributed by atoms with van der Waals surface area (Å²) >= 11 is 1.74. The van der Waals surface area contributed by atoms with E-state index in [0.29, 0.717) is 6.04 Å². The highest BCUT2D eigenvalue weighted by Gasteiger charge is 2.20. The van der Waals surface area contributed by atoms with Crippen molar-refractivity contribution in [2.75, 3.05) is 6.54 Å². The van der Waals surface area contributed by atoms with Gasteiger partial charge < -0.3 is 4.90 Å². The summed E-state index contributed by atoms with van der Waals surface area (Å²) in [6, 6.07) is 19.5. The molecule has 1 saturated heterocycles. The van der Waals surface area contributed by atoms with Crippen molar-refractivity contribution in [2.45, 2.75) is 44.0 Å². The van der Waals surface area contributed by atoms with Crippen LogP contribution < -0.4 is 0 Å². The lowest BCUT2D eigenvalue weighted by atomic mass is 10.0. The molecule has 1 atom stereocenters. The van der Waals surface area contributed by atoms with Crippen LogP contribution in [0.15, 0.2) is 76.0 Å². The van der Waals surface area contributed by atoms with Crippen LogP contribution in [0.5, 0.6) is 0 Å². The van der Waals surface area contributed by atoms with E-state index in [9.17, 15) is 0 Å². The van der Waals surface area contributed by atoms with E-state index in [0.717, 1.165) is 18.1 Å². The fraction of sp³-hybridized carbons (Fsp3) is 0.318. The Hall–Kier alpha value is -2.00. The Balaban J connectivity index is 1.81. The first-order chi connectivity index (χ1) is 12.2. The molecule has 1 aliphatic rings. The van der Waals surface area contributed by atoms with Gasteiger partial charge in [0.25, 0.3) is 0 Å². The zero-order chi connectivity index (χ0) is 17.5. The van der Waals surface area contributed by atoms with Crippen LogP contribution in [0.3, 0.4) is 0 Å². The van der Waals surface area contributed by atoms with Crippen molar-refractivity contribution in [3.63, 3.8) is 0 Å². The van der Waals surface area contributed by atoms with Crippen LogP contribution in [0.2, 0.25) is 0 Å². The zero-order valence-electron chi connectivity index (χ0n) is 15.1. The zero-order valence-corrected chi connectivity index (χ0v) is 15.9. The fourth-order valence-electron chi connectivity index (χ4n) is 3.06. The Kier molecular flexibility index (Phi) is 6.35. The molecule has 2 aromatic rings. The average Bonchev–Trinajstić information content (AvgIpc) is 2.64. The molecule has 0 aliphatic carbocycles. The number of hydrogen-bond acceptors (Lipinski definition) is 2. The number of nitrogens with zero attached hydrogens (tertiary/aromatic N) is 2. The third-order valence-electron chi connectivity index (χ3n) is 4.54. The van der Waals surface area contributed by atoms with Gasteiger partial charge in [-0.1, -0.05) is 47.7 Å². The molecule has 130 valence electrons. The normalized spacial score (nSPS) is 18.7. The maximum Gasteiger partial charge on any atom is 0.129 e.